The van der Waals surface area contributed by atoms with Crippen LogP contribution in [0.4, 0.5) is 0 Å². The lowest BCUT2D eigenvalue weighted by Crippen LogP contribution is -2.03. The molecule has 0 atom stereocenters. The number of aromatic nitrogens is 1. The van der Waals surface area contributed by atoms with E-state index in [2.05, 4.69) is 4.98 Å². The fourth-order valence-corrected chi connectivity index (χ4v) is 2.67. The average molecular weight is 408 g/mol. The monoisotopic (exact) mass is 407 g/mol. The molecule has 0 saturated carbocycles. The van der Waals surface area contributed by atoms with Gasteiger partial charge < -0.3 is 9.47 Å². The highest BCUT2D eigenvalue weighted by Gasteiger charge is 2.17. The molecule has 0 spiro atoms. The molecule has 3 rings (SSSR count). The second-order valence-corrected chi connectivity index (χ2v) is 5.63. The number of aryl methyl sites for hydroxylation is 1. The van der Waals surface area contributed by atoms with Gasteiger partial charge in [-0.15, -0.1) is 0 Å². The van der Waals surface area contributed by atoms with E-state index in [4.69, 9.17) is 9.47 Å². The molecule has 3 aromatic rings. The van der Waals surface area contributed by atoms with Crippen molar-refractivity contribution >= 4 is 12.3 Å². The van der Waals surface area contributed by atoms with Gasteiger partial charge in [-0.05, 0) is 48.4 Å². The third kappa shape index (κ3) is 6.01. The predicted octanol–water partition coefficient (Wildman–Crippen LogP) is 6.50. The summed E-state index contributed by atoms with van der Waals surface area (Å²) in [6.45, 7) is 9.91. The highest BCUT2D eigenvalue weighted by atomic mass is 16.5. The minimum absolute atomic E-state index is 0.311. The Balaban J connectivity index is 0.00000106. The molecule has 5 heteroatoms. The molecule has 0 amide bonds. The lowest BCUT2D eigenvalue weighted by atomic mass is 9.96. The lowest BCUT2D eigenvalue weighted by Gasteiger charge is -2.14. The zero-order valence-corrected chi connectivity index (χ0v) is 18.4. The largest absolute Gasteiger partial charge is 0.465 e. The van der Waals surface area contributed by atoms with Crippen LogP contribution < -0.4 is 4.74 Å². The van der Waals surface area contributed by atoms with E-state index in [1.807, 2.05) is 71.0 Å². The summed E-state index contributed by atoms with van der Waals surface area (Å²) in [7, 11) is 1.30. The summed E-state index contributed by atoms with van der Waals surface area (Å²) in [6.07, 6.45) is 2.36. The van der Waals surface area contributed by atoms with Crippen LogP contribution in [0.3, 0.4) is 0 Å². The number of rotatable bonds is 5. The Morgan fingerprint density at radius 1 is 0.967 bits per heavy atom. The second kappa shape index (κ2) is 12.9. The van der Waals surface area contributed by atoms with Gasteiger partial charge in [0.05, 0.1) is 12.7 Å². The van der Waals surface area contributed by atoms with Crippen LogP contribution in [0, 0.1) is 6.92 Å². The number of para-hydroxylation sites is 1. The Kier molecular flexibility index (Phi) is 10.6. The Morgan fingerprint density at radius 3 is 2.23 bits per heavy atom. The molecule has 0 bridgehead atoms. The molecule has 0 radical (unpaired) electrons. The number of hydrogen-bond donors (Lipinski definition) is 0. The minimum Gasteiger partial charge on any atom is -0.465 e. The number of esters is 1. The zero-order valence-electron chi connectivity index (χ0n) is 18.4. The van der Waals surface area contributed by atoms with Crippen molar-refractivity contribution in [3.8, 4) is 22.8 Å². The van der Waals surface area contributed by atoms with E-state index in [-0.39, 0.29) is 0 Å². The van der Waals surface area contributed by atoms with Gasteiger partial charge in [0, 0.05) is 17.3 Å². The van der Waals surface area contributed by atoms with Gasteiger partial charge in [-0.3, -0.25) is 4.79 Å². The van der Waals surface area contributed by atoms with E-state index in [1.165, 1.54) is 13.2 Å². The summed E-state index contributed by atoms with van der Waals surface area (Å²) < 4.78 is 10.6. The van der Waals surface area contributed by atoms with Crippen molar-refractivity contribution in [1.29, 1.82) is 0 Å². The fourth-order valence-electron chi connectivity index (χ4n) is 2.67. The summed E-state index contributed by atoms with van der Waals surface area (Å²) in [5, 5.41) is 0. The molecule has 0 saturated heterocycles. The Morgan fingerprint density at radius 2 is 1.63 bits per heavy atom. The maximum atomic E-state index is 11.7. The third-order valence-electron chi connectivity index (χ3n) is 3.95. The topological polar surface area (TPSA) is 65.5 Å². The first kappa shape index (κ1) is 24.6. The summed E-state index contributed by atoms with van der Waals surface area (Å²) in [5.41, 5.74) is 2.92. The molecule has 158 valence electrons. The Labute approximate surface area is 178 Å². The van der Waals surface area contributed by atoms with Crippen LogP contribution in [-0.4, -0.2) is 24.3 Å². The van der Waals surface area contributed by atoms with Gasteiger partial charge in [-0.25, -0.2) is 9.78 Å². The molecule has 0 aliphatic rings. The van der Waals surface area contributed by atoms with Gasteiger partial charge in [0.2, 0.25) is 5.88 Å². The number of pyridine rings is 1. The van der Waals surface area contributed by atoms with Gasteiger partial charge in [-0.2, -0.15) is 0 Å². The van der Waals surface area contributed by atoms with E-state index in [9.17, 15) is 9.59 Å². The van der Waals surface area contributed by atoms with Crippen molar-refractivity contribution in [2.24, 2.45) is 0 Å². The number of aldehydes is 1. The van der Waals surface area contributed by atoms with Crippen molar-refractivity contribution in [3.63, 3.8) is 0 Å². The average Bonchev–Trinajstić information content (AvgIpc) is 2.82. The molecule has 0 N–H and O–H groups in total. The number of nitrogens with zero attached hydrogens (tertiary/aromatic N) is 1. The van der Waals surface area contributed by atoms with E-state index < -0.39 is 5.97 Å². The van der Waals surface area contributed by atoms with Crippen LogP contribution in [0.2, 0.25) is 0 Å². The quantitative estimate of drug-likeness (QED) is 0.357. The molecule has 1 heterocycles. The summed E-state index contributed by atoms with van der Waals surface area (Å²) in [5.74, 6) is 0.541. The molecular weight excluding hydrogens is 378 g/mol. The van der Waals surface area contributed by atoms with Gasteiger partial charge in [0.25, 0.3) is 0 Å². The third-order valence-corrected chi connectivity index (χ3v) is 3.95. The maximum Gasteiger partial charge on any atom is 0.337 e. The number of benzene rings is 2. The molecule has 0 fully saturated rings. The molecule has 1 aromatic heterocycles. The summed E-state index contributed by atoms with van der Waals surface area (Å²) in [6, 6.07) is 16.0. The molecular formula is C25H29NO4. The zero-order chi connectivity index (χ0) is 22.5. The maximum absolute atomic E-state index is 11.7. The highest BCUT2D eigenvalue weighted by molar-refractivity contribution is 5.96. The van der Waals surface area contributed by atoms with Crippen molar-refractivity contribution < 1.29 is 19.1 Å². The fraction of sp³-hybridized carbons (Fsp3) is 0.240. The van der Waals surface area contributed by atoms with Crippen LogP contribution in [0.1, 0.15) is 54.0 Å². The van der Waals surface area contributed by atoms with Crippen molar-refractivity contribution in [1.82, 2.24) is 4.98 Å². The van der Waals surface area contributed by atoms with Gasteiger partial charge in [-0.1, -0.05) is 52.0 Å². The standard InChI is InChI=1S/C21H17NO4.2C2H6/c1-14-10-11-22-20(26-17-6-4-3-5-7-17)19(14)18-9-8-15(21(24)25-2)12-16(18)13-23;2*1-2/h3-13H,1-2H3;2*1-2H3. The van der Waals surface area contributed by atoms with Crippen LogP contribution in [-0.2, 0) is 4.74 Å². The Hall–Kier alpha value is -3.47. The molecule has 0 aliphatic carbocycles. The first-order valence-electron chi connectivity index (χ1n) is 10.0. The number of ether oxygens (including phenoxy) is 2. The minimum atomic E-state index is -0.497. The van der Waals surface area contributed by atoms with Crippen LogP contribution in [0.15, 0.2) is 60.8 Å². The first-order valence-corrected chi connectivity index (χ1v) is 10.0. The van der Waals surface area contributed by atoms with Crippen LogP contribution >= 0.6 is 0 Å². The molecule has 5 nitrogen and oxygen atoms in total. The molecule has 0 aliphatic heterocycles. The number of hydrogen-bond acceptors (Lipinski definition) is 5. The van der Waals surface area contributed by atoms with E-state index in [1.54, 1.807) is 18.3 Å². The van der Waals surface area contributed by atoms with Gasteiger partial charge in [0.15, 0.2) is 6.29 Å². The van der Waals surface area contributed by atoms with Gasteiger partial charge in [0.1, 0.15) is 5.75 Å². The smallest absolute Gasteiger partial charge is 0.337 e. The van der Waals surface area contributed by atoms with Crippen molar-refractivity contribution in [2.75, 3.05) is 7.11 Å². The predicted molar refractivity (Wildman–Crippen MR) is 120 cm³/mol. The van der Waals surface area contributed by atoms with Crippen molar-refractivity contribution in [3.05, 3.63) is 77.5 Å². The molecule has 0 unspecified atom stereocenters. The Bertz CT molecular complexity index is 953. The number of carbonyl (C=O) groups is 2. The lowest BCUT2D eigenvalue weighted by molar-refractivity contribution is 0.0600. The normalized spacial score (nSPS) is 9.27. The molecule has 30 heavy (non-hydrogen) atoms. The molecule has 2 aromatic carbocycles. The SMILES string of the molecule is CC.CC.COC(=O)c1ccc(-c2c(C)ccnc2Oc2ccccc2)c(C=O)c1. The number of carbonyl (C=O) groups excluding carboxylic acids is 2. The number of methoxy groups -OCH3 is 1. The van der Waals surface area contributed by atoms with E-state index in [0.717, 1.165) is 5.56 Å². The van der Waals surface area contributed by atoms with E-state index in [0.29, 0.717) is 40.2 Å². The second-order valence-electron chi connectivity index (χ2n) is 5.63. The summed E-state index contributed by atoms with van der Waals surface area (Å²) >= 11 is 0. The van der Waals surface area contributed by atoms with Crippen LogP contribution in [0.25, 0.3) is 11.1 Å². The van der Waals surface area contributed by atoms with Crippen molar-refractivity contribution in [2.45, 2.75) is 34.6 Å². The van der Waals surface area contributed by atoms with Gasteiger partial charge >= 0.3 is 5.97 Å². The highest BCUT2D eigenvalue weighted by Crippen LogP contribution is 2.36. The van der Waals surface area contributed by atoms with E-state index >= 15 is 0 Å². The van der Waals surface area contributed by atoms with Crippen LogP contribution in [0.5, 0.6) is 11.6 Å². The first-order chi connectivity index (χ1) is 14.6. The summed E-state index contributed by atoms with van der Waals surface area (Å²) in [4.78, 5) is 27.7.